The Hall–Kier alpha value is -1.71. The van der Waals surface area contributed by atoms with Gasteiger partial charge in [0.15, 0.2) is 5.82 Å². The zero-order valence-electron chi connectivity index (χ0n) is 6.59. The van der Waals surface area contributed by atoms with E-state index in [2.05, 4.69) is 4.98 Å². The fraction of sp³-hybridized carbons (Fsp3) is 0. The number of nitrogens with two attached hydrogens (primary N) is 1. The minimum atomic E-state index is -0.692. The summed E-state index contributed by atoms with van der Waals surface area (Å²) in [4.78, 5) is 3.75. The molecule has 13 heavy (non-hydrogen) atoms. The van der Waals surface area contributed by atoms with Gasteiger partial charge in [0.1, 0.15) is 17.2 Å². The molecule has 0 radical (unpaired) electrons. The molecule has 0 atom stereocenters. The van der Waals surface area contributed by atoms with Crippen molar-refractivity contribution < 1.29 is 8.78 Å². The number of fused-ring (bicyclic) bond motifs is 1. The van der Waals surface area contributed by atoms with Crippen molar-refractivity contribution in [3.05, 3.63) is 35.9 Å². The molecule has 66 valence electrons. The molecule has 2 N–H and O–H groups in total. The molecule has 0 aliphatic rings. The van der Waals surface area contributed by atoms with E-state index in [-0.39, 0.29) is 11.3 Å². The Labute approximate surface area is 73.0 Å². The second kappa shape index (κ2) is 2.65. The molecular weight excluding hydrogens is 174 g/mol. The van der Waals surface area contributed by atoms with E-state index in [1.54, 1.807) is 0 Å². The minimum absolute atomic E-state index is 0.0985. The molecule has 1 aromatic carbocycles. The molecule has 0 amide bonds. The van der Waals surface area contributed by atoms with Crippen molar-refractivity contribution >= 4 is 16.7 Å². The van der Waals surface area contributed by atoms with E-state index in [1.165, 1.54) is 18.2 Å². The molecule has 0 unspecified atom stereocenters. The number of hydrogen-bond donors (Lipinski definition) is 1. The summed E-state index contributed by atoms with van der Waals surface area (Å²) in [6.45, 7) is 0. The molecule has 2 aromatic rings. The van der Waals surface area contributed by atoms with E-state index in [1.807, 2.05) is 0 Å². The molecule has 1 aromatic heterocycles. The topological polar surface area (TPSA) is 38.9 Å². The maximum Gasteiger partial charge on any atom is 0.152 e. The van der Waals surface area contributed by atoms with Gasteiger partial charge in [-0.3, -0.25) is 0 Å². The average molecular weight is 180 g/mol. The number of aromatic nitrogens is 1. The summed E-state index contributed by atoms with van der Waals surface area (Å²) in [5.74, 6) is -1.09. The van der Waals surface area contributed by atoms with Crippen LogP contribution >= 0.6 is 0 Å². The van der Waals surface area contributed by atoms with Gasteiger partial charge in [0.2, 0.25) is 0 Å². The number of rotatable bonds is 0. The molecule has 0 spiro atoms. The zero-order chi connectivity index (χ0) is 9.42. The largest absolute Gasteiger partial charge is 0.384 e. The van der Waals surface area contributed by atoms with Crippen molar-refractivity contribution in [1.29, 1.82) is 0 Å². The first-order chi connectivity index (χ1) is 6.16. The highest BCUT2D eigenvalue weighted by molar-refractivity contribution is 5.80. The van der Waals surface area contributed by atoms with Gasteiger partial charge < -0.3 is 5.73 Å². The van der Waals surface area contributed by atoms with Crippen molar-refractivity contribution in [1.82, 2.24) is 4.98 Å². The molecule has 0 aliphatic heterocycles. The van der Waals surface area contributed by atoms with Gasteiger partial charge in [0, 0.05) is 11.5 Å². The third kappa shape index (κ3) is 1.30. The first-order valence-electron chi connectivity index (χ1n) is 3.68. The lowest BCUT2D eigenvalue weighted by atomic mass is 10.2. The Morgan fingerprint density at radius 3 is 2.69 bits per heavy atom. The Kier molecular flexibility index (Phi) is 1.62. The summed E-state index contributed by atoms with van der Waals surface area (Å²) < 4.78 is 25.8. The van der Waals surface area contributed by atoms with Crippen LogP contribution in [0.2, 0.25) is 0 Å². The van der Waals surface area contributed by atoms with Crippen LogP contribution in [-0.4, -0.2) is 4.98 Å². The van der Waals surface area contributed by atoms with Gasteiger partial charge in [-0.15, -0.1) is 0 Å². The molecule has 0 aliphatic carbocycles. The Balaban J connectivity index is 2.87. The average Bonchev–Trinajstić information content (AvgIpc) is 2.06. The molecule has 2 nitrogen and oxygen atoms in total. The summed E-state index contributed by atoms with van der Waals surface area (Å²) in [7, 11) is 0. The fourth-order valence-corrected chi connectivity index (χ4v) is 1.17. The van der Waals surface area contributed by atoms with E-state index >= 15 is 0 Å². The van der Waals surface area contributed by atoms with Crippen LogP contribution in [0.4, 0.5) is 14.6 Å². The number of benzene rings is 1. The zero-order valence-corrected chi connectivity index (χ0v) is 6.59. The van der Waals surface area contributed by atoms with Gasteiger partial charge >= 0.3 is 0 Å². The number of halogens is 2. The maximum absolute atomic E-state index is 13.1. The monoisotopic (exact) mass is 180 g/mol. The van der Waals surface area contributed by atoms with E-state index in [4.69, 9.17) is 5.73 Å². The van der Waals surface area contributed by atoms with Crippen molar-refractivity contribution in [3.8, 4) is 0 Å². The van der Waals surface area contributed by atoms with E-state index in [0.29, 0.717) is 5.39 Å². The van der Waals surface area contributed by atoms with Crippen LogP contribution in [0.1, 0.15) is 0 Å². The third-order valence-corrected chi connectivity index (χ3v) is 1.73. The van der Waals surface area contributed by atoms with Crippen LogP contribution in [0.25, 0.3) is 10.9 Å². The number of nitrogen functional groups attached to an aromatic ring is 1. The predicted octanol–water partition coefficient (Wildman–Crippen LogP) is 2.10. The third-order valence-electron chi connectivity index (χ3n) is 1.73. The van der Waals surface area contributed by atoms with Crippen LogP contribution < -0.4 is 5.73 Å². The summed E-state index contributed by atoms with van der Waals surface area (Å²) >= 11 is 0. The Morgan fingerprint density at radius 1 is 1.15 bits per heavy atom. The molecule has 0 fully saturated rings. The molecule has 4 heteroatoms. The van der Waals surface area contributed by atoms with Crippen molar-refractivity contribution in [2.24, 2.45) is 0 Å². The molecule has 0 saturated heterocycles. The first kappa shape index (κ1) is 7.91. The maximum atomic E-state index is 13.1. The highest BCUT2D eigenvalue weighted by Gasteiger charge is 2.04. The van der Waals surface area contributed by atoms with Crippen molar-refractivity contribution in [2.75, 3.05) is 5.73 Å². The number of nitrogens with zero attached hydrogens (tertiary/aromatic N) is 1. The Bertz CT molecular complexity index is 468. The van der Waals surface area contributed by atoms with Crippen molar-refractivity contribution in [2.45, 2.75) is 0 Å². The molecule has 1 heterocycles. The SMILES string of the molecule is Nc1ccc2cc(F)cc(F)c2n1. The lowest BCUT2D eigenvalue weighted by Crippen LogP contribution is -1.92. The highest BCUT2D eigenvalue weighted by Crippen LogP contribution is 2.18. The normalized spacial score (nSPS) is 10.6. The van der Waals surface area contributed by atoms with E-state index in [9.17, 15) is 8.78 Å². The van der Waals surface area contributed by atoms with E-state index < -0.39 is 11.6 Å². The minimum Gasteiger partial charge on any atom is -0.384 e. The molecule has 2 rings (SSSR count). The summed E-state index contributed by atoms with van der Waals surface area (Å²) in [5.41, 5.74) is 5.46. The second-order valence-corrected chi connectivity index (χ2v) is 2.70. The summed E-state index contributed by atoms with van der Waals surface area (Å²) in [6, 6.07) is 5.03. The van der Waals surface area contributed by atoms with Gasteiger partial charge in [0.05, 0.1) is 0 Å². The van der Waals surface area contributed by atoms with Crippen LogP contribution in [0.5, 0.6) is 0 Å². The smallest absolute Gasteiger partial charge is 0.152 e. The summed E-state index contributed by atoms with van der Waals surface area (Å²) in [6.07, 6.45) is 0. The molecule has 0 bridgehead atoms. The fourth-order valence-electron chi connectivity index (χ4n) is 1.17. The molecular formula is C9H6F2N2. The van der Waals surface area contributed by atoms with Crippen LogP contribution in [0.3, 0.4) is 0 Å². The predicted molar refractivity (Wildman–Crippen MR) is 46.1 cm³/mol. The summed E-state index contributed by atoms with van der Waals surface area (Å²) in [5, 5.41) is 0.409. The lowest BCUT2D eigenvalue weighted by molar-refractivity contribution is 0.590. The number of hydrogen-bond acceptors (Lipinski definition) is 2. The first-order valence-corrected chi connectivity index (χ1v) is 3.68. The number of anilines is 1. The van der Waals surface area contributed by atoms with Gasteiger partial charge in [-0.2, -0.15) is 0 Å². The highest BCUT2D eigenvalue weighted by atomic mass is 19.1. The van der Waals surface area contributed by atoms with Crippen LogP contribution in [-0.2, 0) is 0 Å². The van der Waals surface area contributed by atoms with Gasteiger partial charge in [-0.05, 0) is 18.2 Å². The van der Waals surface area contributed by atoms with Gasteiger partial charge in [-0.1, -0.05) is 0 Å². The number of pyridine rings is 1. The van der Waals surface area contributed by atoms with Gasteiger partial charge in [0.25, 0.3) is 0 Å². The quantitative estimate of drug-likeness (QED) is 0.674. The van der Waals surface area contributed by atoms with Crippen molar-refractivity contribution in [3.63, 3.8) is 0 Å². The standard InChI is InChI=1S/C9H6F2N2/c10-6-3-5-1-2-8(12)13-9(5)7(11)4-6/h1-4H,(H2,12,13). The van der Waals surface area contributed by atoms with Gasteiger partial charge in [-0.25, -0.2) is 13.8 Å². The second-order valence-electron chi connectivity index (χ2n) is 2.70. The Morgan fingerprint density at radius 2 is 1.92 bits per heavy atom. The van der Waals surface area contributed by atoms with Crippen LogP contribution in [0.15, 0.2) is 24.3 Å². The molecule has 0 saturated carbocycles. The van der Waals surface area contributed by atoms with E-state index in [0.717, 1.165) is 6.07 Å². The van der Waals surface area contributed by atoms with Crippen LogP contribution in [0, 0.1) is 11.6 Å². The lowest BCUT2D eigenvalue weighted by Gasteiger charge is -1.99.